The molecule has 0 aromatic rings. The summed E-state index contributed by atoms with van der Waals surface area (Å²) in [5, 5.41) is 14.9. The first-order valence-corrected chi connectivity index (χ1v) is 2.31. The topological polar surface area (TPSA) is 90.4 Å². The minimum absolute atomic E-state index is 0. The van der Waals surface area contributed by atoms with Crippen LogP contribution < -0.4 is 5.73 Å². The van der Waals surface area contributed by atoms with E-state index in [1.807, 2.05) is 0 Å². The fourth-order valence-corrected chi connectivity index (χ4v) is 0.288. The van der Waals surface area contributed by atoms with Crippen LogP contribution in [0.1, 0.15) is 0 Å². The zero-order chi connectivity index (χ0) is 7.44. The summed E-state index contributed by atoms with van der Waals surface area (Å²) in [6.07, 6.45) is 0. The quantitative estimate of drug-likeness (QED) is 0.424. The molecular weight excluding hydrogens is 202 g/mol. The Hall–Kier alpha value is -0.780. The predicted octanol–water partition coefficient (Wildman–Crippen LogP) is -0.526. The molecule has 0 aliphatic carbocycles. The predicted molar refractivity (Wildman–Crippen MR) is 42.5 cm³/mol. The third-order valence-corrected chi connectivity index (χ3v) is 0.784. The van der Waals surface area contributed by atoms with E-state index >= 15 is 0 Å². The number of carboxylic acids is 1. The average Bonchev–Trinajstić information content (AvgIpc) is 1.63. The highest BCUT2D eigenvalue weighted by molar-refractivity contribution is 8.93. The second-order valence-corrected chi connectivity index (χ2v) is 1.64. The molecule has 10 heavy (non-hydrogen) atoms. The molecule has 0 radical (unpaired) electrons. The molecule has 0 aliphatic heterocycles. The van der Waals surface area contributed by atoms with Crippen LogP contribution in [0, 0.1) is 5.41 Å². The summed E-state index contributed by atoms with van der Waals surface area (Å²) in [5.74, 6) is -1.23. The number of nitrogens with two attached hydrogens (primary N) is 1. The molecular formula is C4H10BrN3O2. The van der Waals surface area contributed by atoms with Crippen LogP contribution in [0.15, 0.2) is 0 Å². The van der Waals surface area contributed by atoms with Crippen molar-refractivity contribution in [1.29, 1.82) is 5.41 Å². The van der Waals surface area contributed by atoms with E-state index < -0.39 is 5.97 Å². The van der Waals surface area contributed by atoms with Crippen LogP contribution in [-0.4, -0.2) is 35.5 Å². The van der Waals surface area contributed by atoms with Gasteiger partial charge in [-0.05, 0) is 0 Å². The number of nitrogens with one attached hydrogen (secondary N) is 1. The van der Waals surface area contributed by atoms with Crippen LogP contribution >= 0.6 is 17.0 Å². The standard InChI is InChI=1S/C4H9N3O2.BrH/c1-7(4(5)6)2-3(8)9;/h2H2,1H3,(H3,5,6)(H,8,9);1H. The molecule has 4 N–H and O–H groups in total. The van der Waals surface area contributed by atoms with Gasteiger partial charge in [0.25, 0.3) is 0 Å². The van der Waals surface area contributed by atoms with E-state index in [0.717, 1.165) is 4.90 Å². The summed E-state index contributed by atoms with van der Waals surface area (Å²) in [6, 6.07) is 0. The van der Waals surface area contributed by atoms with Gasteiger partial charge in [-0.2, -0.15) is 0 Å². The van der Waals surface area contributed by atoms with Crippen molar-refractivity contribution in [1.82, 2.24) is 4.90 Å². The first kappa shape index (κ1) is 12.0. The molecule has 0 spiro atoms. The molecule has 0 heterocycles. The van der Waals surface area contributed by atoms with E-state index in [4.69, 9.17) is 16.2 Å². The molecule has 0 fully saturated rings. The zero-order valence-electron chi connectivity index (χ0n) is 5.50. The van der Waals surface area contributed by atoms with Gasteiger partial charge >= 0.3 is 5.97 Å². The Morgan fingerprint density at radius 3 is 2.30 bits per heavy atom. The number of nitrogens with zero attached hydrogens (tertiary/aromatic N) is 1. The van der Waals surface area contributed by atoms with Crippen molar-refractivity contribution in [3.8, 4) is 0 Å². The molecule has 0 aromatic carbocycles. The molecule has 60 valence electrons. The highest BCUT2D eigenvalue weighted by Crippen LogP contribution is 1.76. The Bertz CT molecular complexity index is 138. The summed E-state index contributed by atoms with van der Waals surface area (Å²) in [7, 11) is 1.44. The van der Waals surface area contributed by atoms with Gasteiger partial charge < -0.3 is 15.7 Å². The molecule has 0 bridgehead atoms. The van der Waals surface area contributed by atoms with E-state index in [-0.39, 0.29) is 29.5 Å². The lowest BCUT2D eigenvalue weighted by molar-refractivity contribution is -0.137. The monoisotopic (exact) mass is 211 g/mol. The van der Waals surface area contributed by atoms with Gasteiger partial charge in [0.05, 0.1) is 0 Å². The maximum absolute atomic E-state index is 9.92. The lowest BCUT2D eigenvalue weighted by atomic mass is 10.6. The molecule has 5 nitrogen and oxygen atoms in total. The van der Waals surface area contributed by atoms with E-state index in [1.54, 1.807) is 0 Å². The van der Waals surface area contributed by atoms with Gasteiger partial charge in [0.15, 0.2) is 5.96 Å². The smallest absolute Gasteiger partial charge is 0.323 e. The number of hydrogen-bond acceptors (Lipinski definition) is 2. The summed E-state index contributed by atoms with van der Waals surface area (Å²) in [5.41, 5.74) is 4.93. The van der Waals surface area contributed by atoms with E-state index in [9.17, 15) is 4.79 Å². The summed E-state index contributed by atoms with van der Waals surface area (Å²) in [4.78, 5) is 11.0. The molecule has 0 atom stereocenters. The lowest BCUT2D eigenvalue weighted by Gasteiger charge is -2.12. The Balaban J connectivity index is 0. The highest BCUT2D eigenvalue weighted by Gasteiger charge is 2.03. The van der Waals surface area contributed by atoms with E-state index in [2.05, 4.69) is 0 Å². The number of halogens is 1. The van der Waals surface area contributed by atoms with Gasteiger partial charge in [0.2, 0.25) is 0 Å². The number of likely N-dealkylation sites (N-methyl/N-ethyl adjacent to an activating group) is 1. The van der Waals surface area contributed by atoms with Crippen molar-refractivity contribution >= 4 is 28.9 Å². The number of hydrogen-bond donors (Lipinski definition) is 3. The van der Waals surface area contributed by atoms with Gasteiger partial charge in [0, 0.05) is 7.05 Å². The SMILES string of the molecule is Br.CN(CC(=O)O)C(=N)N. The van der Waals surface area contributed by atoms with Crippen LogP contribution in [0.3, 0.4) is 0 Å². The van der Waals surface area contributed by atoms with Gasteiger partial charge in [-0.3, -0.25) is 10.2 Å². The molecule has 0 saturated carbocycles. The number of guanidine groups is 1. The Kier molecular flexibility index (Phi) is 6.02. The number of rotatable bonds is 2. The van der Waals surface area contributed by atoms with Crippen LogP contribution in [0.2, 0.25) is 0 Å². The number of carboxylic acid groups (broad SMARTS) is 1. The van der Waals surface area contributed by atoms with Gasteiger partial charge in [0.1, 0.15) is 6.54 Å². The van der Waals surface area contributed by atoms with Crippen molar-refractivity contribution in [2.45, 2.75) is 0 Å². The number of carbonyl (C=O) groups is 1. The molecule has 0 saturated heterocycles. The van der Waals surface area contributed by atoms with Crippen molar-refractivity contribution in [2.75, 3.05) is 13.6 Å². The van der Waals surface area contributed by atoms with Crippen LogP contribution in [0.4, 0.5) is 0 Å². The van der Waals surface area contributed by atoms with Crippen LogP contribution in [0.5, 0.6) is 0 Å². The maximum Gasteiger partial charge on any atom is 0.323 e. The Labute approximate surface area is 69.1 Å². The summed E-state index contributed by atoms with van der Waals surface area (Å²) >= 11 is 0. The molecule has 0 amide bonds. The minimum Gasteiger partial charge on any atom is -0.480 e. The van der Waals surface area contributed by atoms with E-state index in [1.165, 1.54) is 7.05 Å². The Morgan fingerprint density at radius 2 is 2.20 bits per heavy atom. The first-order valence-electron chi connectivity index (χ1n) is 2.31. The third kappa shape index (κ3) is 5.36. The molecule has 6 heteroatoms. The lowest BCUT2D eigenvalue weighted by Crippen LogP contribution is -2.36. The second-order valence-electron chi connectivity index (χ2n) is 1.64. The Morgan fingerprint density at radius 1 is 1.80 bits per heavy atom. The van der Waals surface area contributed by atoms with Gasteiger partial charge in [-0.15, -0.1) is 17.0 Å². The van der Waals surface area contributed by atoms with Crippen molar-refractivity contribution in [2.24, 2.45) is 5.73 Å². The molecule has 0 aromatic heterocycles. The van der Waals surface area contributed by atoms with Crippen molar-refractivity contribution < 1.29 is 9.90 Å². The maximum atomic E-state index is 9.92. The van der Waals surface area contributed by atoms with Crippen molar-refractivity contribution in [3.05, 3.63) is 0 Å². The van der Waals surface area contributed by atoms with Crippen molar-refractivity contribution in [3.63, 3.8) is 0 Å². The van der Waals surface area contributed by atoms with Gasteiger partial charge in [-0.1, -0.05) is 0 Å². The fraction of sp³-hybridized carbons (Fsp3) is 0.500. The zero-order valence-corrected chi connectivity index (χ0v) is 7.21. The number of aliphatic carboxylic acids is 1. The third-order valence-electron chi connectivity index (χ3n) is 0.784. The normalized spacial score (nSPS) is 7.70. The second kappa shape index (κ2) is 5.04. The minimum atomic E-state index is -0.993. The molecule has 0 aliphatic rings. The largest absolute Gasteiger partial charge is 0.480 e. The average molecular weight is 212 g/mol. The van der Waals surface area contributed by atoms with Gasteiger partial charge in [-0.25, -0.2) is 0 Å². The molecule has 0 rings (SSSR count). The highest BCUT2D eigenvalue weighted by atomic mass is 79.9. The first-order chi connectivity index (χ1) is 4.04. The van der Waals surface area contributed by atoms with Crippen LogP contribution in [0.25, 0.3) is 0 Å². The summed E-state index contributed by atoms with van der Waals surface area (Å²) < 4.78 is 0. The molecule has 0 unspecified atom stereocenters. The van der Waals surface area contributed by atoms with E-state index in [0.29, 0.717) is 0 Å². The summed E-state index contributed by atoms with van der Waals surface area (Å²) in [6.45, 7) is -0.227. The van der Waals surface area contributed by atoms with Crippen LogP contribution in [-0.2, 0) is 4.79 Å². The fourth-order valence-electron chi connectivity index (χ4n) is 0.288.